The van der Waals surface area contributed by atoms with Crippen molar-refractivity contribution >= 4 is 9.28 Å². The van der Waals surface area contributed by atoms with Gasteiger partial charge in [-0.3, -0.25) is 0 Å². The molecule has 0 aromatic rings. The number of nitrogens with zero attached hydrogens (tertiary/aromatic N) is 1. The van der Waals surface area contributed by atoms with Crippen molar-refractivity contribution < 1.29 is 8.85 Å². The van der Waals surface area contributed by atoms with E-state index < -0.39 is 9.28 Å². The smallest absolute Gasteiger partial charge is 0.335 e. The first kappa shape index (κ1) is 11.2. The second-order valence-electron chi connectivity index (χ2n) is 3.62. The second kappa shape index (κ2) is 6.54. The fourth-order valence-corrected chi connectivity index (χ4v) is 3.05. The Balaban J connectivity index is 2.24. The Bertz CT molecular complexity index is 123. The molecule has 0 aromatic heterocycles. The zero-order valence-electron chi connectivity index (χ0n) is 8.79. The molecule has 3 nitrogen and oxygen atoms in total. The SMILES string of the molecule is CO[SiH](CN1CCCCCC1)OC. The van der Waals surface area contributed by atoms with Crippen molar-refractivity contribution in [1.29, 1.82) is 0 Å². The van der Waals surface area contributed by atoms with E-state index in [0.717, 1.165) is 6.17 Å². The molecule has 4 heteroatoms. The van der Waals surface area contributed by atoms with Gasteiger partial charge >= 0.3 is 9.28 Å². The predicted molar refractivity (Wildman–Crippen MR) is 56.1 cm³/mol. The fraction of sp³-hybridized carbons (Fsp3) is 1.00. The molecule has 0 saturated carbocycles. The summed E-state index contributed by atoms with van der Waals surface area (Å²) in [4.78, 5) is 2.50. The maximum atomic E-state index is 5.32. The minimum Gasteiger partial charge on any atom is -0.399 e. The van der Waals surface area contributed by atoms with Gasteiger partial charge in [-0.2, -0.15) is 0 Å². The van der Waals surface area contributed by atoms with Gasteiger partial charge < -0.3 is 13.8 Å². The van der Waals surface area contributed by atoms with Crippen LogP contribution in [0.4, 0.5) is 0 Å². The highest BCUT2D eigenvalue weighted by atomic mass is 28.3. The molecule has 0 unspecified atom stereocenters. The van der Waals surface area contributed by atoms with E-state index in [0.29, 0.717) is 0 Å². The van der Waals surface area contributed by atoms with E-state index >= 15 is 0 Å². The van der Waals surface area contributed by atoms with Gasteiger partial charge in [0.15, 0.2) is 0 Å². The van der Waals surface area contributed by atoms with Crippen LogP contribution >= 0.6 is 0 Å². The Labute approximate surface area is 82.9 Å². The van der Waals surface area contributed by atoms with E-state index in [1.54, 1.807) is 14.2 Å². The van der Waals surface area contributed by atoms with Crippen LogP contribution in [0, 0.1) is 0 Å². The molecule has 78 valence electrons. The topological polar surface area (TPSA) is 21.7 Å². The van der Waals surface area contributed by atoms with E-state index in [1.807, 2.05) is 0 Å². The Kier molecular flexibility index (Phi) is 5.62. The van der Waals surface area contributed by atoms with Gasteiger partial charge in [0.1, 0.15) is 0 Å². The molecule has 0 N–H and O–H groups in total. The summed E-state index contributed by atoms with van der Waals surface area (Å²) in [6.07, 6.45) is 6.52. The maximum absolute atomic E-state index is 5.32. The lowest BCUT2D eigenvalue weighted by molar-refractivity contribution is 0.234. The Morgan fingerprint density at radius 3 is 2.00 bits per heavy atom. The van der Waals surface area contributed by atoms with Gasteiger partial charge in [-0.25, -0.2) is 0 Å². The summed E-state index contributed by atoms with van der Waals surface area (Å²) in [6.45, 7) is 2.46. The molecular weight excluding hydrogens is 182 g/mol. The number of hydrogen-bond acceptors (Lipinski definition) is 3. The average molecular weight is 203 g/mol. The van der Waals surface area contributed by atoms with Crippen LogP contribution in [0.25, 0.3) is 0 Å². The van der Waals surface area contributed by atoms with Crippen molar-refractivity contribution in [2.24, 2.45) is 0 Å². The first-order valence-corrected chi connectivity index (χ1v) is 6.90. The van der Waals surface area contributed by atoms with Crippen LogP contribution in [0.1, 0.15) is 25.7 Å². The summed E-state index contributed by atoms with van der Waals surface area (Å²) in [5.74, 6) is 0. The van der Waals surface area contributed by atoms with Crippen molar-refractivity contribution in [3.05, 3.63) is 0 Å². The minimum atomic E-state index is -1.36. The monoisotopic (exact) mass is 203 g/mol. The van der Waals surface area contributed by atoms with Crippen LogP contribution < -0.4 is 0 Å². The van der Waals surface area contributed by atoms with Gasteiger partial charge in [0.2, 0.25) is 0 Å². The third-order valence-electron chi connectivity index (χ3n) is 2.63. The van der Waals surface area contributed by atoms with Gasteiger partial charge in [0, 0.05) is 20.4 Å². The first-order valence-electron chi connectivity index (χ1n) is 5.14. The zero-order chi connectivity index (χ0) is 9.52. The van der Waals surface area contributed by atoms with E-state index in [-0.39, 0.29) is 0 Å². The quantitative estimate of drug-likeness (QED) is 0.634. The fourth-order valence-electron chi connectivity index (χ4n) is 1.77. The van der Waals surface area contributed by atoms with Crippen LogP contribution in [0.5, 0.6) is 0 Å². The van der Waals surface area contributed by atoms with E-state index in [9.17, 15) is 0 Å². The maximum Gasteiger partial charge on any atom is 0.335 e. The summed E-state index contributed by atoms with van der Waals surface area (Å²) in [6, 6.07) is 0. The number of likely N-dealkylation sites (tertiary alicyclic amines) is 1. The Morgan fingerprint density at radius 2 is 1.54 bits per heavy atom. The van der Waals surface area contributed by atoms with Crippen molar-refractivity contribution in [3.63, 3.8) is 0 Å². The van der Waals surface area contributed by atoms with Gasteiger partial charge in [-0.05, 0) is 25.9 Å². The van der Waals surface area contributed by atoms with Gasteiger partial charge in [0.25, 0.3) is 0 Å². The second-order valence-corrected chi connectivity index (χ2v) is 5.78. The van der Waals surface area contributed by atoms with E-state index in [1.165, 1.54) is 38.8 Å². The highest BCUT2D eigenvalue weighted by Gasteiger charge is 2.16. The molecular formula is C9H21NO2Si. The van der Waals surface area contributed by atoms with Crippen molar-refractivity contribution in [2.75, 3.05) is 33.5 Å². The molecule has 1 rings (SSSR count). The highest BCUT2D eigenvalue weighted by Crippen LogP contribution is 2.09. The summed E-state index contributed by atoms with van der Waals surface area (Å²) < 4.78 is 10.6. The summed E-state index contributed by atoms with van der Waals surface area (Å²) in [5, 5.41) is 0. The predicted octanol–water partition coefficient (Wildman–Crippen LogP) is 0.915. The molecule has 0 atom stereocenters. The molecule has 1 fully saturated rings. The lowest BCUT2D eigenvalue weighted by Gasteiger charge is -2.22. The lowest BCUT2D eigenvalue weighted by Crippen LogP contribution is -2.38. The third kappa shape index (κ3) is 4.22. The number of rotatable bonds is 4. The van der Waals surface area contributed by atoms with Crippen LogP contribution in [0.2, 0.25) is 0 Å². The lowest BCUT2D eigenvalue weighted by atomic mass is 10.2. The molecule has 0 aromatic carbocycles. The van der Waals surface area contributed by atoms with Crippen LogP contribution in [0.3, 0.4) is 0 Å². The molecule has 0 bridgehead atoms. The molecule has 0 aliphatic carbocycles. The summed E-state index contributed by atoms with van der Waals surface area (Å²) in [5.41, 5.74) is 0. The molecule has 0 amide bonds. The van der Waals surface area contributed by atoms with Gasteiger partial charge in [0.05, 0.1) is 0 Å². The van der Waals surface area contributed by atoms with Crippen molar-refractivity contribution in [3.8, 4) is 0 Å². The van der Waals surface area contributed by atoms with E-state index in [4.69, 9.17) is 8.85 Å². The third-order valence-corrected chi connectivity index (χ3v) is 4.50. The molecule has 0 spiro atoms. The van der Waals surface area contributed by atoms with Crippen molar-refractivity contribution in [1.82, 2.24) is 4.90 Å². The van der Waals surface area contributed by atoms with Crippen LogP contribution in [-0.4, -0.2) is 47.7 Å². The largest absolute Gasteiger partial charge is 0.399 e. The molecule has 0 radical (unpaired) electrons. The van der Waals surface area contributed by atoms with Gasteiger partial charge in [-0.15, -0.1) is 0 Å². The van der Waals surface area contributed by atoms with Crippen molar-refractivity contribution in [2.45, 2.75) is 25.7 Å². The standard InChI is InChI=1S/C9H21NO2Si/c1-11-13(12-2)9-10-7-5-3-4-6-8-10/h13H,3-9H2,1-2H3. The average Bonchev–Trinajstić information content (AvgIpc) is 2.42. The molecule has 1 aliphatic rings. The Hall–Kier alpha value is 0.0969. The van der Waals surface area contributed by atoms with E-state index in [2.05, 4.69) is 4.90 Å². The molecule has 1 saturated heterocycles. The number of hydrogen-bond donors (Lipinski definition) is 0. The summed E-state index contributed by atoms with van der Waals surface area (Å²) >= 11 is 0. The summed E-state index contributed by atoms with van der Waals surface area (Å²) in [7, 11) is 2.16. The highest BCUT2D eigenvalue weighted by molar-refractivity contribution is 6.44. The molecule has 1 heterocycles. The first-order chi connectivity index (χ1) is 6.36. The van der Waals surface area contributed by atoms with Crippen LogP contribution in [-0.2, 0) is 8.85 Å². The molecule has 1 aliphatic heterocycles. The zero-order valence-corrected chi connectivity index (χ0v) is 9.95. The normalized spacial score (nSPS) is 20.5. The minimum absolute atomic E-state index is 1.05. The van der Waals surface area contributed by atoms with Crippen LogP contribution in [0.15, 0.2) is 0 Å². The Morgan fingerprint density at radius 1 is 1.00 bits per heavy atom. The molecule has 13 heavy (non-hydrogen) atoms. The van der Waals surface area contributed by atoms with Gasteiger partial charge in [-0.1, -0.05) is 12.8 Å².